The molecule has 3 nitrogen and oxygen atoms in total. The lowest BCUT2D eigenvalue weighted by Crippen LogP contribution is -2.58. The van der Waals surface area contributed by atoms with Crippen molar-refractivity contribution in [1.82, 2.24) is 5.32 Å². The summed E-state index contributed by atoms with van der Waals surface area (Å²) in [5.41, 5.74) is 7.07. The number of hydrogen-bond acceptors (Lipinski definition) is 3. The van der Waals surface area contributed by atoms with Gasteiger partial charge in [0.05, 0.1) is 12.1 Å². The van der Waals surface area contributed by atoms with Crippen molar-refractivity contribution < 1.29 is 4.74 Å². The minimum Gasteiger partial charge on any atom is -0.383 e. The second kappa shape index (κ2) is 6.88. The summed E-state index contributed by atoms with van der Waals surface area (Å²) in [6.07, 6.45) is 0. The van der Waals surface area contributed by atoms with Crippen LogP contribution < -0.4 is 11.1 Å². The van der Waals surface area contributed by atoms with Crippen LogP contribution in [0, 0.1) is 5.92 Å². The molecule has 3 N–H and O–H groups in total. The smallest absolute Gasteiger partial charge is 0.0659 e. The highest BCUT2D eigenvalue weighted by Crippen LogP contribution is 2.22. The van der Waals surface area contributed by atoms with E-state index in [1.54, 1.807) is 7.11 Å². The van der Waals surface area contributed by atoms with Crippen molar-refractivity contribution in [1.29, 1.82) is 0 Å². The van der Waals surface area contributed by atoms with E-state index in [2.05, 4.69) is 50.4 Å². The molecule has 0 bridgehead atoms. The Hall–Kier alpha value is -0.900. The first-order valence-electron chi connectivity index (χ1n) is 6.57. The zero-order valence-corrected chi connectivity index (χ0v) is 11.9. The number of hydrogen-bond donors (Lipinski definition) is 2. The van der Waals surface area contributed by atoms with Crippen LogP contribution in [0.25, 0.3) is 0 Å². The zero-order chi connectivity index (χ0) is 13.6. The molecule has 0 saturated carbocycles. The van der Waals surface area contributed by atoms with Gasteiger partial charge in [0.25, 0.3) is 0 Å². The van der Waals surface area contributed by atoms with Gasteiger partial charge < -0.3 is 15.8 Å². The van der Waals surface area contributed by atoms with Gasteiger partial charge in [0.1, 0.15) is 0 Å². The Morgan fingerprint density at radius 3 is 2.28 bits per heavy atom. The van der Waals surface area contributed by atoms with Gasteiger partial charge in [-0.25, -0.2) is 0 Å². The molecule has 0 aromatic heterocycles. The third-order valence-electron chi connectivity index (χ3n) is 3.67. The van der Waals surface area contributed by atoms with E-state index in [0.29, 0.717) is 19.1 Å². The van der Waals surface area contributed by atoms with Gasteiger partial charge in [0, 0.05) is 19.7 Å². The average Bonchev–Trinajstić information content (AvgIpc) is 2.38. The van der Waals surface area contributed by atoms with Gasteiger partial charge >= 0.3 is 0 Å². The van der Waals surface area contributed by atoms with Crippen molar-refractivity contribution >= 4 is 0 Å². The average molecular weight is 250 g/mol. The third kappa shape index (κ3) is 3.55. The number of methoxy groups -OCH3 is 1. The molecule has 0 aliphatic heterocycles. The molecule has 0 spiro atoms. The van der Waals surface area contributed by atoms with Crippen LogP contribution in [-0.4, -0.2) is 25.8 Å². The summed E-state index contributed by atoms with van der Waals surface area (Å²) in [6.45, 7) is 7.71. The van der Waals surface area contributed by atoms with Gasteiger partial charge in [0.2, 0.25) is 0 Å². The summed E-state index contributed by atoms with van der Waals surface area (Å²) in [7, 11) is 1.72. The molecule has 0 radical (unpaired) electrons. The molecule has 0 aliphatic rings. The van der Waals surface area contributed by atoms with E-state index < -0.39 is 0 Å². The number of rotatable bonds is 7. The van der Waals surface area contributed by atoms with Crippen LogP contribution in [0.3, 0.4) is 0 Å². The largest absolute Gasteiger partial charge is 0.383 e. The maximum Gasteiger partial charge on any atom is 0.0659 e. The lowest BCUT2D eigenvalue weighted by molar-refractivity contribution is 0.0755. The molecule has 0 aliphatic carbocycles. The number of nitrogens with one attached hydrogen (secondary N) is 1. The fourth-order valence-electron chi connectivity index (χ4n) is 2.24. The summed E-state index contributed by atoms with van der Waals surface area (Å²) in [4.78, 5) is 0. The third-order valence-corrected chi connectivity index (χ3v) is 3.67. The molecule has 102 valence electrons. The molecule has 0 saturated heterocycles. The summed E-state index contributed by atoms with van der Waals surface area (Å²) in [6, 6.07) is 10.7. The number of benzene rings is 1. The predicted molar refractivity (Wildman–Crippen MR) is 76.5 cm³/mol. The fraction of sp³-hybridized carbons (Fsp3) is 0.600. The highest BCUT2D eigenvalue weighted by Gasteiger charge is 2.33. The van der Waals surface area contributed by atoms with Crippen LogP contribution in [0.15, 0.2) is 30.3 Å². The molecule has 2 atom stereocenters. The number of nitrogens with two attached hydrogens (primary N) is 1. The van der Waals surface area contributed by atoms with Crippen LogP contribution in [0.4, 0.5) is 0 Å². The molecule has 0 heterocycles. The summed E-state index contributed by atoms with van der Waals surface area (Å²) in [5.74, 6) is 0.411. The quantitative estimate of drug-likeness (QED) is 0.781. The van der Waals surface area contributed by atoms with Crippen molar-refractivity contribution in [2.75, 3.05) is 20.3 Å². The lowest BCUT2D eigenvalue weighted by Gasteiger charge is -2.39. The maximum atomic E-state index is 5.98. The SMILES string of the molecule is COCC(CN)(NC(C)c1ccccc1)C(C)C. The molecule has 1 rings (SSSR count). The standard InChI is InChI=1S/C15H26N2O/c1-12(2)15(10-16,11-18-4)17-13(3)14-8-6-5-7-9-14/h5-9,12-13,17H,10-11,16H2,1-4H3. The van der Waals surface area contributed by atoms with Crippen molar-refractivity contribution in [3.63, 3.8) is 0 Å². The normalized spacial score (nSPS) is 16.6. The van der Waals surface area contributed by atoms with Gasteiger partial charge in [0.15, 0.2) is 0 Å². The molecule has 1 aromatic rings. The van der Waals surface area contributed by atoms with Crippen molar-refractivity contribution in [3.05, 3.63) is 35.9 Å². The first-order chi connectivity index (χ1) is 8.55. The molecule has 0 fully saturated rings. The van der Waals surface area contributed by atoms with Crippen molar-refractivity contribution in [2.24, 2.45) is 11.7 Å². The van der Waals surface area contributed by atoms with E-state index >= 15 is 0 Å². The van der Waals surface area contributed by atoms with E-state index in [-0.39, 0.29) is 11.6 Å². The first-order valence-corrected chi connectivity index (χ1v) is 6.57. The predicted octanol–water partition coefficient (Wildman–Crippen LogP) is 2.34. The lowest BCUT2D eigenvalue weighted by atomic mass is 9.85. The molecular weight excluding hydrogens is 224 g/mol. The Labute approximate surface area is 111 Å². The van der Waals surface area contributed by atoms with Gasteiger partial charge in [-0.2, -0.15) is 0 Å². The maximum absolute atomic E-state index is 5.98. The van der Waals surface area contributed by atoms with Crippen LogP contribution in [-0.2, 0) is 4.74 Å². The molecule has 2 unspecified atom stereocenters. The Morgan fingerprint density at radius 1 is 1.22 bits per heavy atom. The zero-order valence-electron chi connectivity index (χ0n) is 11.9. The molecule has 18 heavy (non-hydrogen) atoms. The van der Waals surface area contributed by atoms with Crippen LogP contribution in [0.1, 0.15) is 32.4 Å². The van der Waals surface area contributed by atoms with Crippen molar-refractivity contribution in [2.45, 2.75) is 32.4 Å². The van der Waals surface area contributed by atoms with Gasteiger partial charge in [-0.3, -0.25) is 0 Å². The van der Waals surface area contributed by atoms with Crippen LogP contribution in [0.5, 0.6) is 0 Å². The second-order valence-electron chi connectivity index (χ2n) is 5.22. The topological polar surface area (TPSA) is 47.3 Å². The molecular formula is C15H26N2O. The van der Waals surface area contributed by atoms with Gasteiger partial charge in [-0.1, -0.05) is 44.2 Å². The number of ether oxygens (including phenoxy) is 1. The van der Waals surface area contributed by atoms with Crippen molar-refractivity contribution in [3.8, 4) is 0 Å². The van der Waals surface area contributed by atoms with Crippen LogP contribution >= 0.6 is 0 Å². The Balaban J connectivity index is 2.83. The Kier molecular flexibility index (Phi) is 5.79. The van der Waals surface area contributed by atoms with Crippen LogP contribution in [0.2, 0.25) is 0 Å². The molecule has 1 aromatic carbocycles. The summed E-state index contributed by atoms with van der Waals surface area (Å²) in [5, 5.41) is 3.65. The summed E-state index contributed by atoms with van der Waals surface area (Å²) >= 11 is 0. The Bertz CT molecular complexity index is 340. The summed E-state index contributed by atoms with van der Waals surface area (Å²) < 4.78 is 5.35. The minimum absolute atomic E-state index is 0.177. The van der Waals surface area contributed by atoms with E-state index in [9.17, 15) is 0 Å². The van der Waals surface area contributed by atoms with Gasteiger partial charge in [-0.15, -0.1) is 0 Å². The molecule has 0 amide bonds. The minimum atomic E-state index is -0.177. The van der Waals surface area contributed by atoms with E-state index in [1.165, 1.54) is 5.56 Å². The second-order valence-corrected chi connectivity index (χ2v) is 5.22. The van der Waals surface area contributed by atoms with E-state index in [0.717, 1.165) is 0 Å². The highest BCUT2D eigenvalue weighted by atomic mass is 16.5. The highest BCUT2D eigenvalue weighted by molar-refractivity contribution is 5.19. The first kappa shape index (κ1) is 15.2. The fourth-order valence-corrected chi connectivity index (χ4v) is 2.24. The monoisotopic (exact) mass is 250 g/mol. The van der Waals surface area contributed by atoms with Gasteiger partial charge in [-0.05, 0) is 18.4 Å². The van der Waals surface area contributed by atoms with E-state index in [4.69, 9.17) is 10.5 Å². The van der Waals surface area contributed by atoms with E-state index in [1.807, 2.05) is 6.07 Å². The molecule has 3 heteroatoms. The Morgan fingerprint density at radius 2 is 1.83 bits per heavy atom.